The monoisotopic (exact) mass is 334 g/mol. The van der Waals surface area contributed by atoms with Crippen molar-refractivity contribution >= 4 is 23.0 Å². The SMILES string of the molecule is C=C/C(C)=C(\C=C)S\C(C)=N/N=C/C(=C/C(=C)O)C(=C)O.CC. The molecule has 0 fully saturated rings. The van der Waals surface area contributed by atoms with Crippen molar-refractivity contribution < 1.29 is 10.2 Å². The Kier molecular flexibility index (Phi) is 13.4. The van der Waals surface area contributed by atoms with Crippen LogP contribution >= 0.6 is 11.8 Å². The topological polar surface area (TPSA) is 65.2 Å². The maximum atomic E-state index is 9.32. The summed E-state index contributed by atoms with van der Waals surface area (Å²) < 4.78 is 0. The Morgan fingerprint density at radius 1 is 1.04 bits per heavy atom. The molecule has 0 atom stereocenters. The third-order valence-corrected chi connectivity index (χ3v) is 3.27. The molecule has 0 saturated carbocycles. The summed E-state index contributed by atoms with van der Waals surface area (Å²) in [6, 6.07) is 0. The van der Waals surface area contributed by atoms with Gasteiger partial charge in [0.1, 0.15) is 11.5 Å². The van der Waals surface area contributed by atoms with Crippen molar-refractivity contribution in [3.8, 4) is 0 Å². The molecule has 0 aliphatic carbocycles. The Morgan fingerprint density at radius 2 is 1.61 bits per heavy atom. The van der Waals surface area contributed by atoms with E-state index >= 15 is 0 Å². The van der Waals surface area contributed by atoms with E-state index in [0.29, 0.717) is 5.04 Å². The molecule has 0 amide bonds. The second-order valence-corrected chi connectivity index (χ2v) is 5.19. The van der Waals surface area contributed by atoms with Crippen LogP contribution in [0.5, 0.6) is 0 Å². The van der Waals surface area contributed by atoms with Gasteiger partial charge in [0.25, 0.3) is 0 Å². The van der Waals surface area contributed by atoms with Gasteiger partial charge in [-0.05, 0) is 25.5 Å². The zero-order valence-electron chi connectivity index (χ0n) is 14.3. The number of rotatable bonds is 7. The van der Waals surface area contributed by atoms with Gasteiger partial charge in [-0.3, -0.25) is 0 Å². The minimum Gasteiger partial charge on any atom is -0.509 e. The van der Waals surface area contributed by atoms with Gasteiger partial charge in [-0.2, -0.15) is 5.10 Å². The molecule has 0 saturated heterocycles. The third kappa shape index (κ3) is 11.0. The van der Waals surface area contributed by atoms with Crippen molar-refractivity contribution in [1.29, 1.82) is 0 Å². The number of aliphatic hydroxyl groups is 2. The first-order valence-electron chi connectivity index (χ1n) is 7.00. The molecule has 0 aliphatic heterocycles. The van der Waals surface area contributed by atoms with Gasteiger partial charge in [0.2, 0.25) is 0 Å². The van der Waals surface area contributed by atoms with Crippen LogP contribution in [0.4, 0.5) is 0 Å². The fourth-order valence-corrected chi connectivity index (χ4v) is 1.84. The summed E-state index contributed by atoms with van der Waals surface area (Å²) in [7, 11) is 0. The Morgan fingerprint density at radius 3 is 2.00 bits per heavy atom. The average Bonchev–Trinajstić information content (AvgIpc) is 2.52. The van der Waals surface area contributed by atoms with E-state index in [9.17, 15) is 5.11 Å². The van der Waals surface area contributed by atoms with Crippen LogP contribution in [-0.4, -0.2) is 21.5 Å². The Balaban J connectivity index is 0. The molecule has 4 nitrogen and oxygen atoms in total. The minimum absolute atomic E-state index is 0.208. The summed E-state index contributed by atoms with van der Waals surface area (Å²) in [6.45, 7) is 21.8. The molecular weight excluding hydrogens is 308 g/mol. The number of hydrogen-bond acceptors (Lipinski definition) is 5. The van der Waals surface area contributed by atoms with Gasteiger partial charge < -0.3 is 10.2 Å². The molecule has 23 heavy (non-hydrogen) atoms. The molecule has 0 aromatic carbocycles. The maximum absolute atomic E-state index is 9.32. The smallest absolute Gasteiger partial charge is 0.117 e. The van der Waals surface area contributed by atoms with E-state index in [0.717, 1.165) is 10.5 Å². The molecule has 0 radical (unpaired) electrons. The quantitative estimate of drug-likeness (QED) is 0.201. The van der Waals surface area contributed by atoms with Gasteiger partial charge in [-0.25, -0.2) is 0 Å². The van der Waals surface area contributed by atoms with Crippen LogP contribution in [0.25, 0.3) is 0 Å². The van der Waals surface area contributed by atoms with E-state index in [1.807, 2.05) is 20.8 Å². The van der Waals surface area contributed by atoms with Crippen molar-refractivity contribution in [1.82, 2.24) is 0 Å². The molecular formula is C18H26N2O2S. The Bertz CT molecular complexity index is 568. The summed E-state index contributed by atoms with van der Waals surface area (Å²) in [6.07, 6.45) is 5.98. The highest BCUT2D eigenvalue weighted by Gasteiger charge is 2.01. The second-order valence-electron chi connectivity index (χ2n) is 3.96. The van der Waals surface area contributed by atoms with E-state index in [-0.39, 0.29) is 17.1 Å². The van der Waals surface area contributed by atoms with Crippen LogP contribution in [0.2, 0.25) is 0 Å². The predicted octanol–water partition coefficient (Wildman–Crippen LogP) is 5.87. The molecule has 0 heterocycles. The summed E-state index contributed by atoms with van der Waals surface area (Å²) in [4.78, 5) is 0.938. The first kappa shape index (κ1) is 23.0. The van der Waals surface area contributed by atoms with E-state index in [2.05, 4.69) is 36.5 Å². The van der Waals surface area contributed by atoms with Crippen molar-refractivity contribution in [3.05, 3.63) is 72.1 Å². The molecule has 0 unspecified atom stereocenters. The summed E-state index contributed by atoms with van der Waals surface area (Å²) in [5.41, 5.74) is 1.22. The van der Waals surface area contributed by atoms with Crippen LogP contribution in [0.3, 0.4) is 0 Å². The van der Waals surface area contributed by atoms with Gasteiger partial charge in [-0.1, -0.05) is 64.1 Å². The highest BCUT2D eigenvalue weighted by atomic mass is 32.2. The van der Waals surface area contributed by atoms with Crippen molar-refractivity contribution in [2.24, 2.45) is 10.2 Å². The van der Waals surface area contributed by atoms with E-state index in [4.69, 9.17) is 5.11 Å². The molecule has 5 heteroatoms. The molecule has 126 valence electrons. The number of nitrogens with zero attached hydrogens (tertiary/aromatic N) is 2. The lowest BCUT2D eigenvalue weighted by atomic mass is 10.2. The zero-order valence-corrected chi connectivity index (χ0v) is 15.2. The number of hydrogen-bond donors (Lipinski definition) is 2. The van der Waals surface area contributed by atoms with Crippen molar-refractivity contribution in [3.63, 3.8) is 0 Å². The largest absolute Gasteiger partial charge is 0.509 e. The van der Waals surface area contributed by atoms with Crippen LogP contribution < -0.4 is 0 Å². The highest BCUT2D eigenvalue weighted by molar-refractivity contribution is 8.17. The zero-order chi connectivity index (χ0) is 18.4. The molecule has 0 spiro atoms. The standard InChI is InChI=1S/C16H20N2O2S.C2H6/c1-7-11(3)16(8-2)21-14(6)18-17-10-15(13(5)20)9-12(4)19;1-2/h7-10,19-20H,1-2,4-5H2,3,6H3;1-2H3/b15-9-,16-11+,17-10+,18-14-;. The average molecular weight is 334 g/mol. The first-order chi connectivity index (χ1) is 10.8. The van der Waals surface area contributed by atoms with Gasteiger partial charge in [0.05, 0.1) is 11.3 Å². The predicted molar refractivity (Wildman–Crippen MR) is 105 cm³/mol. The number of allylic oxidation sites excluding steroid dienone is 5. The number of aliphatic hydroxyl groups excluding tert-OH is 2. The lowest BCUT2D eigenvalue weighted by molar-refractivity contribution is 0.422. The minimum atomic E-state index is -0.233. The molecule has 0 aromatic heterocycles. The molecule has 0 aliphatic rings. The normalized spacial score (nSPS) is 12.9. The van der Waals surface area contributed by atoms with Gasteiger partial charge in [0, 0.05) is 10.5 Å². The third-order valence-electron chi connectivity index (χ3n) is 2.19. The summed E-state index contributed by atoms with van der Waals surface area (Å²) in [5, 5.41) is 26.9. The lowest BCUT2D eigenvalue weighted by Gasteiger charge is -2.03. The molecule has 0 aromatic rings. The highest BCUT2D eigenvalue weighted by Crippen LogP contribution is 2.23. The molecule has 0 bridgehead atoms. The Labute approximate surface area is 143 Å². The molecule has 2 N–H and O–H groups in total. The lowest BCUT2D eigenvalue weighted by Crippen LogP contribution is -1.91. The summed E-state index contributed by atoms with van der Waals surface area (Å²) >= 11 is 1.41. The van der Waals surface area contributed by atoms with E-state index < -0.39 is 0 Å². The van der Waals surface area contributed by atoms with Crippen LogP contribution in [-0.2, 0) is 0 Å². The fraction of sp³-hybridized carbons (Fsp3) is 0.222. The van der Waals surface area contributed by atoms with Crippen LogP contribution in [0.15, 0.2) is 82.3 Å². The second kappa shape index (κ2) is 13.4. The molecule has 0 rings (SSSR count). The summed E-state index contributed by atoms with van der Waals surface area (Å²) in [5.74, 6) is -0.441. The maximum Gasteiger partial charge on any atom is 0.117 e. The van der Waals surface area contributed by atoms with E-state index in [1.54, 1.807) is 19.1 Å². The van der Waals surface area contributed by atoms with E-state index in [1.165, 1.54) is 24.1 Å². The Hall–Kier alpha value is -2.27. The van der Waals surface area contributed by atoms with Crippen LogP contribution in [0.1, 0.15) is 27.7 Å². The van der Waals surface area contributed by atoms with Gasteiger partial charge in [0.15, 0.2) is 0 Å². The van der Waals surface area contributed by atoms with Crippen LogP contribution in [0, 0.1) is 0 Å². The fourth-order valence-electron chi connectivity index (χ4n) is 1.11. The van der Waals surface area contributed by atoms with Gasteiger partial charge >= 0.3 is 0 Å². The first-order valence-corrected chi connectivity index (χ1v) is 7.82. The van der Waals surface area contributed by atoms with Crippen molar-refractivity contribution in [2.45, 2.75) is 27.7 Å². The van der Waals surface area contributed by atoms with Crippen molar-refractivity contribution in [2.75, 3.05) is 0 Å². The van der Waals surface area contributed by atoms with Gasteiger partial charge in [-0.15, -0.1) is 5.10 Å². The number of thioether (sulfide) groups is 1.